The summed E-state index contributed by atoms with van der Waals surface area (Å²) in [7, 11) is -1.56. The van der Waals surface area contributed by atoms with Crippen LogP contribution in [0, 0.1) is 5.41 Å². The van der Waals surface area contributed by atoms with Crippen LogP contribution in [0.3, 0.4) is 0 Å². The zero-order valence-corrected chi connectivity index (χ0v) is 13.2. The normalized spacial score (nSPS) is 12.0. The molecule has 6 heteroatoms. The van der Waals surface area contributed by atoms with Gasteiger partial charge in [0, 0.05) is 19.3 Å². The smallest absolute Gasteiger partial charge is 0.227 e. The van der Waals surface area contributed by atoms with Crippen LogP contribution in [-0.2, 0) is 14.6 Å². The highest BCUT2D eigenvalue weighted by atomic mass is 32.2. The van der Waals surface area contributed by atoms with E-state index >= 15 is 0 Å². The molecule has 0 saturated heterocycles. The number of hydrogen-bond acceptors (Lipinski definition) is 4. The molecule has 1 aromatic rings. The van der Waals surface area contributed by atoms with E-state index < -0.39 is 15.3 Å². The number of carbonyl (C=O) groups is 1. The third-order valence-electron chi connectivity index (χ3n) is 3.17. The first-order valence-corrected chi connectivity index (χ1v) is 8.17. The molecule has 0 aromatic heterocycles. The summed E-state index contributed by atoms with van der Waals surface area (Å²) in [6.07, 6.45) is 0. The fourth-order valence-corrected chi connectivity index (χ4v) is 2.57. The van der Waals surface area contributed by atoms with Gasteiger partial charge >= 0.3 is 0 Å². The van der Waals surface area contributed by atoms with Crippen LogP contribution in [0.5, 0.6) is 0 Å². The van der Waals surface area contributed by atoms with E-state index in [4.69, 9.17) is 0 Å². The van der Waals surface area contributed by atoms with Gasteiger partial charge in [-0.15, -0.1) is 0 Å². The molecule has 5 nitrogen and oxygen atoms in total. The van der Waals surface area contributed by atoms with Crippen LogP contribution < -0.4 is 10.6 Å². The zero-order chi connectivity index (χ0) is 15.4. The highest BCUT2D eigenvalue weighted by Crippen LogP contribution is 2.19. The minimum Gasteiger partial charge on any atom is -0.384 e. The fraction of sp³-hybridized carbons (Fsp3) is 0.500. The minimum atomic E-state index is -3.17. The van der Waals surface area contributed by atoms with E-state index in [0.29, 0.717) is 11.4 Å². The Hall–Kier alpha value is -1.56. The van der Waals surface area contributed by atoms with Crippen molar-refractivity contribution in [3.63, 3.8) is 0 Å². The Morgan fingerprint density at radius 1 is 1.20 bits per heavy atom. The molecule has 1 aromatic carbocycles. The van der Waals surface area contributed by atoms with Gasteiger partial charge in [-0.2, -0.15) is 0 Å². The van der Waals surface area contributed by atoms with E-state index in [1.54, 1.807) is 38.2 Å². The van der Waals surface area contributed by atoms with Crippen molar-refractivity contribution in [3.8, 4) is 0 Å². The second-order valence-electron chi connectivity index (χ2n) is 5.24. The number of hydrogen-bond donors (Lipinski definition) is 2. The van der Waals surface area contributed by atoms with Gasteiger partial charge in [0.1, 0.15) is 0 Å². The van der Waals surface area contributed by atoms with Gasteiger partial charge in [-0.1, -0.05) is 6.92 Å². The van der Waals surface area contributed by atoms with E-state index in [-0.39, 0.29) is 11.7 Å². The topological polar surface area (TPSA) is 75.3 Å². The molecule has 1 rings (SSSR count). The van der Waals surface area contributed by atoms with Gasteiger partial charge in [-0.3, -0.25) is 4.79 Å². The molecule has 0 aliphatic carbocycles. The maximum Gasteiger partial charge on any atom is 0.227 e. The third-order valence-corrected chi connectivity index (χ3v) is 4.92. The van der Waals surface area contributed by atoms with E-state index in [1.165, 1.54) is 0 Å². The van der Waals surface area contributed by atoms with Gasteiger partial charge in [0.05, 0.1) is 16.1 Å². The molecule has 1 amide bonds. The largest absolute Gasteiger partial charge is 0.384 e. The van der Waals surface area contributed by atoms with E-state index in [0.717, 1.165) is 5.69 Å². The van der Waals surface area contributed by atoms with Gasteiger partial charge in [0.25, 0.3) is 0 Å². The van der Waals surface area contributed by atoms with Crippen LogP contribution in [0.4, 0.5) is 5.69 Å². The first-order valence-electron chi connectivity index (χ1n) is 6.52. The summed E-state index contributed by atoms with van der Waals surface area (Å²) in [6, 6.07) is 6.58. The van der Waals surface area contributed by atoms with Crippen molar-refractivity contribution in [3.05, 3.63) is 24.3 Å². The molecule has 0 spiro atoms. The first kappa shape index (κ1) is 16.5. The number of benzene rings is 1. The van der Waals surface area contributed by atoms with Crippen molar-refractivity contribution in [1.29, 1.82) is 0 Å². The second kappa shape index (κ2) is 6.26. The highest BCUT2D eigenvalue weighted by molar-refractivity contribution is 7.91. The average Bonchev–Trinajstić information content (AvgIpc) is 2.44. The summed E-state index contributed by atoms with van der Waals surface area (Å²) in [5.74, 6) is 0.0407. The minimum absolute atomic E-state index is 0.0461. The number of rotatable bonds is 6. The van der Waals surface area contributed by atoms with Crippen LogP contribution in [0.1, 0.15) is 20.8 Å². The summed E-state index contributed by atoms with van der Waals surface area (Å²) in [6.45, 7) is 5.77. The standard InChI is InChI=1S/C14H22N2O3S/c1-5-20(18,19)12-8-6-11(7-9-12)16-10-14(2,3)13(17)15-4/h6-9,16H,5,10H2,1-4H3,(H,15,17). The van der Waals surface area contributed by atoms with Gasteiger partial charge in [-0.05, 0) is 38.1 Å². The lowest BCUT2D eigenvalue weighted by Crippen LogP contribution is -2.39. The van der Waals surface area contributed by atoms with Gasteiger partial charge < -0.3 is 10.6 Å². The van der Waals surface area contributed by atoms with Gasteiger partial charge in [-0.25, -0.2) is 8.42 Å². The summed E-state index contributed by atoms with van der Waals surface area (Å²) in [5, 5.41) is 5.76. The van der Waals surface area contributed by atoms with Gasteiger partial charge in [0.2, 0.25) is 5.91 Å². The summed E-state index contributed by atoms with van der Waals surface area (Å²) in [4.78, 5) is 12.0. The molecule has 0 bridgehead atoms. The number of amides is 1. The first-order chi connectivity index (χ1) is 9.23. The molecule has 0 aliphatic rings. The SMILES string of the molecule is CCS(=O)(=O)c1ccc(NCC(C)(C)C(=O)NC)cc1. The summed E-state index contributed by atoms with van der Waals surface area (Å²) in [5.41, 5.74) is 0.250. The maximum absolute atomic E-state index is 11.7. The highest BCUT2D eigenvalue weighted by Gasteiger charge is 2.26. The van der Waals surface area contributed by atoms with Gasteiger partial charge in [0.15, 0.2) is 9.84 Å². The van der Waals surface area contributed by atoms with E-state index in [1.807, 2.05) is 13.8 Å². The molecule has 2 N–H and O–H groups in total. The number of carbonyl (C=O) groups excluding carboxylic acids is 1. The average molecular weight is 298 g/mol. The lowest BCUT2D eigenvalue weighted by molar-refractivity contribution is -0.128. The third kappa shape index (κ3) is 3.96. The second-order valence-corrected chi connectivity index (χ2v) is 7.52. The molecule has 0 radical (unpaired) electrons. The summed E-state index contributed by atoms with van der Waals surface area (Å²) < 4.78 is 23.4. The molecular formula is C14H22N2O3S. The predicted molar refractivity (Wildman–Crippen MR) is 80.5 cm³/mol. The van der Waals surface area contributed by atoms with Crippen molar-refractivity contribution in [2.75, 3.05) is 24.7 Å². The monoisotopic (exact) mass is 298 g/mol. The zero-order valence-electron chi connectivity index (χ0n) is 12.4. The molecule has 0 saturated carbocycles. The Labute approximate surface area is 120 Å². The lowest BCUT2D eigenvalue weighted by Gasteiger charge is -2.23. The molecule has 112 valence electrons. The molecular weight excluding hydrogens is 276 g/mol. The van der Waals surface area contributed by atoms with Crippen molar-refractivity contribution in [1.82, 2.24) is 5.32 Å². The van der Waals surface area contributed by atoms with Crippen molar-refractivity contribution in [2.24, 2.45) is 5.41 Å². The van der Waals surface area contributed by atoms with E-state index in [2.05, 4.69) is 10.6 Å². The Balaban J connectivity index is 2.75. The van der Waals surface area contributed by atoms with Crippen LogP contribution in [0.15, 0.2) is 29.2 Å². The van der Waals surface area contributed by atoms with Crippen molar-refractivity contribution < 1.29 is 13.2 Å². The van der Waals surface area contributed by atoms with Crippen LogP contribution in [0.2, 0.25) is 0 Å². The Morgan fingerprint density at radius 2 is 1.75 bits per heavy atom. The Morgan fingerprint density at radius 3 is 2.20 bits per heavy atom. The van der Waals surface area contributed by atoms with Crippen molar-refractivity contribution >= 4 is 21.4 Å². The van der Waals surface area contributed by atoms with Crippen LogP contribution in [-0.4, -0.2) is 33.7 Å². The Bertz CT molecular complexity index is 563. The molecule has 0 unspecified atom stereocenters. The van der Waals surface area contributed by atoms with Crippen LogP contribution in [0.25, 0.3) is 0 Å². The number of anilines is 1. The number of nitrogens with one attached hydrogen (secondary N) is 2. The van der Waals surface area contributed by atoms with E-state index in [9.17, 15) is 13.2 Å². The fourth-order valence-electron chi connectivity index (χ4n) is 1.69. The quantitative estimate of drug-likeness (QED) is 0.837. The molecule has 0 aliphatic heterocycles. The maximum atomic E-state index is 11.7. The molecule has 0 fully saturated rings. The number of sulfone groups is 1. The molecule has 0 atom stereocenters. The van der Waals surface area contributed by atoms with Crippen LogP contribution >= 0.6 is 0 Å². The molecule has 20 heavy (non-hydrogen) atoms. The Kier molecular flexibility index (Phi) is 5.16. The lowest BCUT2D eigenvalue weighted by atomic mass is 9.92. The van der Waals surface area contributed by atoms with Crippen molar-refractivity contribution in [2.45, 2.75) is 25.7 Å². The summed E-state index contributed by atoms with van der Waals surface area (Å²) >= 11 is 0. The predicted octanol–water partition coefficient (Wildman–Crippen LogP) is 1.66. The molecule has 0 heterocycles.